The molecule has 2 aliphatic heterocycles. The Bertz CT molecular complexity index is 1520. The summed E-state index contributed by atoms with van der Waals surface area (Å²) in [4.78, 5) is 2.27. The Kier molecular flexibility index (Phi) is 9.41. The number of nitrogens with zero attached hydrogens (tertiary/aromatic N) is 1. The lowest BCUT2D eigenvalue weighted by Gasteiger charge is -2.33. The molecule has 2 fully saturated rings. The zero-order chi connectivity index (χ0) is 29.9. The van der Waals surface area contributed by atoms with Gasteiger partial charge >= 0.3 is 6.18 Å². The average molecular weight is 622 g/mol. The number of ether oxygens (including phenoxy) is 1. The number of nitrogens with one attached hydrogen (secondary N) is 2. The van der Waals surface area contributed by atoms with Gasteiger partial charge in [0.1, 0.15) is 19.1 Å². The standard InChI is InChI=1S/C31H36F4N3O2PS/c1-38-15-13-25(24(32)20-38)37-27-9-6-8-22-23(19-31(33,34)35)29(42-30(22)27)10-7-14-36-26-12-11-21(18-28(26)40-2)41(39)16-4-3-5-17-41/h6,8-9,11-12,18,24-25,36-37H,3-5,13-17,19-20H2,1-2H3/t24-,25+/m0/s1. The molecule has 3 aromatic rings. The van der Waals surface area contributed by atoms with Gasteiger partial charge in [-0.2, -0.15) is 13.2 Å². The smallest absolute Gasteiger partial charge is 0.393 e. The van der Waals surface area contributed by atoms with E-state index in [1.807, 2.05) is 30.1 Å². The van der Waals surface area contributed by atoms with Crippen LogP contribution in [0.5, 0.6) is 5.75 Å². The van der Waals surface area contributed by atoms with Crippen molar-refractivity contribution in [1.29, 1.82) is 0 Å². The summed E-state index contributed by atoms with van der Waals surface area (Å²) in [6, 6.07) is 10.3. The quantitative estimate of drug-likeness (QED) is 0.168. The van der Waals surface area contributed by atoms with Crippen LogP contribution in [0.15, 0.2) is 36.4 Å². The number of thiophene rings is 1. The monoisotopic (exact) mass is 621 g/mol. The Morgan fingerprint density at radius 3 is 2.64 bits per heavy atom. The van der Waals surface area contributed by atoms with Gasteiger partial charge in [0.15, 0.2) is 0 Å². The fraction of sp³-hybridized carbons (Fsp3) is 0.484. The second-order valence-corrected chi connectivity index (χ2v) is 15.3. The van der Waals surface area contributed by atoms with Gasteiger partial charge < -0.3 is 24.8 Å². The van der Waals surface area contributed by atoms with Crippen molar-refractivity contribution in [3.63, 3.8) is 0 Å². The molecule has 2 saturated heterocycles. The van der Waals surface area contributed by atoms with Crippen LogP contribution in [0.25, 0.3) is 10.1 Å². The van der Waals surface area contributed by atoms with Crippen molar-refractivity contribution in [3.8, 4) is 17.6 Å². The first kappa shape index (κ1) is 30.7. The highest BCUT2D eigenvalue weighted by atomic mass is 32.1. The first-order valence-electron chi connectivity index (χ1n) is 14.3. The third-order valence-corrected chi connectivity index (χ3v) is 12.5. The molecule has 0 unspecified atom stereocenters. The summed E-state index contributed by atoms with van der Waals surface area (Å²) in [5.74, 6) is 6.49. The van der Waals surface area contributed by atoms with Crippen molar-refractivity contribution in [3.05, 3.63) is 46.8 Å². The third kappa shape index (κ3) is 7.07. The predicted molar refractivity (Wildman–Crippen MR) is 165 cm³/mol. The predicted octanol–water partition coefficient (Wildman–Crippen LogP) is 7.10. The van der Waals surface area contributed by atoms with Crippen LogP contribution in [0.2, 0.25) is 0 Å². The molecule has 0 bridgehead atoms. The van der Waals surface area contributed by atoms with E-state index < -0.39 is 32.0 Å². The minimum atomic E-state index is -4.40. The van der Waals surface area contributed by atoms with Crippen molar-refractivity contribution in [2.24, 2.45) is 0 Å². The van der Waals surface area contributed by atoms with Gasteiger partial charge in [-0.25, -0.2) is 4.39 Å². The summed E-state index contributed by atoms with van der Waals surface area (Å²) in [5.41, 5.74) is 1.44. The lowest BCUT2D eigenvalue weighted by atomic mass is 10.0. The second-order valence-electron chi connectivity index (χ2n) is 11.1. The third-order valence-electron chi connectivity index (χ3n) is 8.04. The first-order chi connectivity index (χ1) is 20.1. The van der Waals surface area contributed by atoms with E-state index in [0.29, 0.717) is 57.4 Å². The Labute approximate surface area is 248 Å². The number of halogens is 4. The molecular formula is C31H36F4N3O2PS. The fourth-order valence-corrected chi connectivity index (χ4v) is 9.88. The minimum Gasteiger partial charge on any atom is -0.495 e. The van der Waals surface area contributed by atoms with Crippen LogP contribution in [0.4, 0.5) is 28.9 Å². The summed E-state index contributed by atoms with van der Waals surface area (Å²) in [6.45, 7) is 1.24. The zero-order valence-electron chi connectivity index (χ0n) is 23.8. The topological polar surface area (TPSA) is 53.6 Å². The van der Waals surface area contributed by atoms with Gasteiger partial charge in [0.05, 0.1) is 47.1 Å². The van der Waals surface area contributed by atoms with Gasteiger partial charge in [0, 0.05) is 30.7 Å². The highest BCUT2D eigenvalue weighted by Gasteiger charge is 2.32. The maximum Gasteiger partial charge on any atom is 0.393 e. The SMILES string of the molecule is COc1cc(P2(=O)CCCCC2)ccc1NCC#Cc1sc2c(N[C@@H]3CCN(C)C[C@@H]3F)cccc2c1CC(F)(F)F. The highest BCUT2D eigenvalue weighted by molar-refractivity contribution is 7.71. The molecule has 42 heavy (non-hydrogen) atoms. The van der Waals surface area contributed by atoms with Crippen molar-refractivity contribution in [2.45, 2.75) is 50.5 Å². The molecule has 2 atom stereocenters. The van der Waals surface area contributed by atoms with Crippen LogP contribution in [0, 0.1) is 11.8 Å². The van der Waals surface area contributed by atoms with E-state index in [0.717, 1.165) is 31.1 Å². The molecule has 0 aliphatic carbocycles. The molecule has 226 valence electrons. The highest BCUT2D eigenvalue weighted by Crippen LogP contribution is 2.50. The minimum absolute atomic E-state index is 0.137. The van der Waals surface area contributed by atoms with Crippen LogP contribution in [0.1, 0.15) is 36.1 Å². The van der Waals surface area contributed by atoms with Crippen LogP contribution < -0.4 is 20.7 Å². The van der Waals surface area contributed by atoms with Crippen LogP contribution >= 0.6 is 18.5 Å². The van der Waals surface area contributed by atoms with Crippen LogP contribution in [-0.2, 0) is 11.0 Å². The molecule has 3 heterocycles. The molecule has 2 aromatic carbocycles. The molecule has 0 spiro atoms. The molecule has 0 radical (unpaired) electrons. The number of piperidine rings is 1. The number of methoxy groups -OCH3 is 1. The molecule has 0 amide bonds. The van der Waals surface area contributed by atoms with Crippen molar-refractivity contribution >= 4 is 45.2 Å². The van der Waals surface area contributed by atoms with E-state index in [-0.39, 0.29) is 12.1 Å². The van der Waals surface area contributed by atoms with Crippen LogP contribution in [0.3, 0.4) is 0 Å². The normalized spacial score (nSPS) is 21.0. The van der Waals surface area contributed by atoms with E-state index in [1.165, 1.54) is 11.3 Å². The molecule has 2 N–H and O–H groups in total. The Balaban J connectivity index is 1.37. The largest absolute Gasteiger partial charge is 0.495 e. The number of hydrogen-bond acceptors (Lipinski definition) is 6. The van der Waals surface area contributed by atoms with Crippen molar-refractivity contribution in [2.75, 3.05) is 56.7 Å². The fourth-order valence-electron chi connectivity index (χ4n) is 5.80. The van der Waals surface area contributed by atoms with Gasteiger partial charge in [-0.1, -0.05) is 30.4 Å². The Morgan fingerprint density at radius 2 is 1.93 bits per heavy atom. The molecule has 2 aliphatic rings. The number of anilines is 2. The number of benzene rings is 2. The van der Waals surface area contributed by atoms with Crippen molar-refractivity contribution < 1.29 is 26.9 Å². The summed E-state index contributed by atoms with van der Waals surface area (Å²) in [7, 11) is 1.01. The first-order valence-corrected chi connectivity index (χ1v) is 17.2. The van der Waals surface area contributed by atoms with Crippen molar-refractivity contribution in [1.82, 2.24) is 4.90 Å². The van der Waals surface area contributed by atoms with E-state index in [9.17, 15) is 22.1 Å². The number of fused-ring (bicyclic) bond motifs is 1. The van der Waals surface area contributed by atoms with Gasteiger partial charge in [0.2, 0.25) is 0 Å². The van der Waals surface area contributed by atoms with Gasteiger partial charge in [-0.05, 0) is 61.5 Å². The summed E-state index contributed by atoms with van der Waals surface area (Å²) in [5, 5.41) is 7.76. The molecule has 11 heteroatoms. The number of alkyl halides is 4. The maximum atomic E-state index is 14.7. The summed E-state index contributed by atoms with van der Waals surface area (Å²) in [6.07, 6.45) is -1.49. The average Bonchev–Trinajstić information content (AvgIpc) is 3.29. The number of rotatable bonds is 7. The molecule has 1 aromatic heterocycles. The van der Waals surface area contributed by atoms with Crippen LogP contribution in [-0.4, -0.2) is 69.4 Å². The molecular weight excluding hydrogens is 585 g/mol. The Morgan fingerprint density at radius 1 is 1.14 bits per heavy atom. The molecule has 0 saturated carbocycles. The number of likely N-dealkylation sites (tertiary alicyclic amines) is 1. The molecule has 5 nitrogen and oxygen atoms in total. The lowest BCUT2D eigenvalue weighted by Crippen LogP contribution is -2.46. The lowest BCUT2D eigenvalue weighted by molar-refractivity contribution is -0.126. The Hall–Kier alpha value is -2.73. The zero-order valence-corrected chi connectivity index (χ0v) is 25.5. The second kappa shape index (κ2) is 12.9. The van der Waals surface area contributed by atoms with Gasteiger partial charge in [-0.15, -0.1) is 11.3 Å². The van der Waals surface area contributed by atoms with E-state index >= 15 is 0 Å². The summed E-state index contributed by atoms with van der Waals surface area (Å²) >= 11 is 1.20. The molecule has 5 rings (SSSR count). The van der Waals surface area contributed by atoms with Gasteiger partial charge in [-0.3, -0.25) is 0 Å². The maximum absolute atomic E-state index is 14.7. The van der Waals surface area contributed by atoms with E-state index in [2.05, 4.69) is 22.5 Å². The van der Waals surface area contributed by atoms with E-state index in [4.69, 9.17) is 4.74 Å². The van der Waals surface area contributed by atoms with Gasteiger partial charge in [0.25, 0.3) is 0 Å². The number of hydrogen-bond donors (Lipinski definition) is 2. The summed E-state index contributed by atoms with van der Waals surface area (Å²) < 4.78 is 75.2. The van der Waals surface area contributed by atoms with E-state index in [1.54, 1.807) is 25.3 Å².